The highest BCUT2D eigenvalue weighted by atomic mass is 79.9. The van der Waals surface area contributed by atoms with Crippen LogP contribution >= 0.6 is 27.5 Å². The molecule has 2 rings (SSSR count). The fourth-order valence-electron chi connectivity index (χ4n) is 2.80. The van der Waals surface area contributed by atoms with Crippen molar-refractivity contribution in [2.24, 2.45) is 11.8 Å². The molecular weight excluding hydrogens is 352 g/mol. The normalized spacial score (nSPS) is 17.5. The number of rotatable bonds is 5. The van der Waals surface area contributed by atoms with Gasteiger partial charge in [0.05, 0.1) is 0 Å². The van der Waals surface area contributed by atoms with Crippen LogP contribution in [0.1, 0.15) is 31.7 Å². The Labute approximate surface area is 140 Å². The molecule has 21 heavy (non-hydrogen) atoms. The molecule has 0 bridgehead atoms. The lowest BCUT2D eigenvalue weighted by atomic mass is 9.84. The summed E-state index contributed by atoms with van der Waals surface area (Å²) in [6.07, 6.45) is 2.94. The van der Waals surface area contributed by atoms with Crippen LogP contribution in [-0.2, 0) is 11.3 Å². The predicted octanol–water partition coefficient (Wildman–Crippen LogP) is 3.74. The van der Waals surface area contributed by atoms with Crippen LogP contribution < -0.4 is 10.6 Å². The molecule has 1 aliphatic heterocycles. The maximum atomic E-state index is 12.1. The van der Waals surface area contributed by atoms with Gasteiger partial charge in [0, 0.05) is 22.5 Å². The number of nitrogens with one attached hydrogen (secondary N) is 2. The summed E-state index contributed by atoms with van der Waals surface area (Å²) in [6, 6.07) is 5.72. The van der Waals surface area contributed by atoms with Gasteiger partial charge in [0.15, 0.2) is 0 Å². The van der Waals surface area contributed by atoms with E-state index in [9.17, 15) is 4.79 Å². The van der Waals surface area contributed by atoms with E-state index < -0.39 is 0 Å². The van der Waals surface area contributed by atoms with Crippen molar-refractivity contribution in [3.05, 3.63) is 33.3 Å². The highest BCUT2D eigenvalue weighted by Crippen LogP contribution is 2.24. The van der Waals surface area contributed by atoms with Crippen LogP contribution in [0.15, 0.2) is 22.7 Å². The molecule has 1 aromatic carbocycles. The molecule has 5 heteroatoms. The summed E-state index contributed by atoms with van der Waals surface area (Å²) in [7, 11) is 0. The maximum absolute atomic E-state index is 12.1. The number of amides is 1. The van der Waals surface area contributed by atoms with E-state index in [2.05, 4.69) is 33.5 Å². The molecule has 1 fully saturated rings. The maximum Gasteiger partial charge on any atom is 0.220 e. The first-order valence-electron chi connectivity index (χ1n) is 7.47. The van der Waals surface area contributed by atoms with Crippen molar-refractivity contribution in [2.45, 2.75) is 32.7 Å². The van der Waals surface area contributed by atoms with Gasteiger partial charge in [0.25, 0.3) is 0 Å². The lowest BCUT2D eigenvalue weighted by Gasteiger charge is -2.27. The number of hydrogen-bond acceptors (Lipinski definition) is 2. The Morgan fingerprint density at radius 3 is 2.86 bits per heavy atom. The minimum Gasteiger partial charge on any atom is -0.352 e. The predicted molar refractivity (Wildman–Crippen MR) is 90.4 cm³/mol. The van der Waals surface area contributed by atoms with Gasteiger partial charge in [-0.2, -0.15) is 0 Å². The van der Waals surface area contributed by atoms with Gasteiger partial charge in [-0.1, -0.05) is 40.5 Å². The first-order valence-corrected chi connectivity index (χ1v) is 8.64. The van der Waals surface area contributed by atoms with Crippen molar-refractivity contribution in [3.8, 4) is 0 Å². The van der Waals surface area contributed by atoms with Gasteiger partial charge in [-0.3, -0.25) is 4.79 Å². The largest absolute Gasteiger partial charge is 0.352 e. The third-order valence-corrected chi connectivity index (χ3v) is 5.03. The van der Waals surface area contributed by atoms with Gasteiger partial charge in [0.2, 0.25) is 5.91 Å². The summed E-state index contributed by atoms with van der Waals surface area (Å²) in [5, 5.41) is 7.01. The molecule has 116 valence electrons. The quantitative estimate of drug-likeness (QED) is 0.825. The second-order valence-electron chi connectivity index (χ2n) is 5.78. The van der Waals surface area contributed by atoms with E-state index in [-0.39, 0.29) is 5.91 Å². The van der Waals surface area contributed by atoms with Gasteiger partial charge in [-0.05, 0) is 55.5 Å². The minimum absolute atomic E-state index is 0.111. The van der Waals surface area contributed by atoms with Crippen LogP contribution in [0.25, 0.3) is 0 Å². The first kappa shape index (κ1) is 16.8. The van der Waals surface area contributed by atoms with E-state index in [0.29, 0.717) is 29.8 Å². The fourth-order valence-corrected chi connectivity index (χ4v) is 3.54. The average Bonchev–Trinajstić information content (AvgIpc) is 2.47. The first-order chi connectivity index (χ1) is 10.1. The van der Waals surface area contributed by atoms with E-state index in [1.807, 2.05) is 18.2 Å². The Morgan fingerprint density at radius 2 is 2.19 bits per heavy atom. The zero-order valence-electron chi connectivity index (χ0n) is 12.3. The summed E-state index contributed by atoms with van der Waals surface area (Å²) in [5.41, 5.74) is 0.947. The molecule has 2 N–H and O–H groups in total. The highest BCUT2D eigenvalue weighted by Gasteiger charge is 2.21. The Kier molecular flexibility index (Phi) is 6.52. The summed E-state index contributed by atoms with van der Waals surface area (Å²) in [4.78, 5) is 12.1. The SMILES string of the molecule is CC(CC(=O)NCc1ccc(Br)cc1Cl)C1CCNCC1. The topological polar surface area (TPSA) is 41.1 Å². The number of piperidine rings is 1. The number of carbonyl (C=O) groups is 1. The Balaban J connectivity index is 1.78. The molecule has 0 spiro atoms. The zero-order chi connectivity index (χ0) is 15.2. The molecule has 0 aromatic heterocycles. The number of halogens is 2. The standard InChI is InChI=1S/C16H22BrClN2O/c1-11(12-4-6-19-7-5-12)8-16(21)20-10-13-2-3-14(17)9-15(13)18/h2-3,9,11-12,19H,4-8,10H2,1H3,(H,20,21). The molecule has 0 saturated carbocycles. The van der Waals surface area contributed by atoms with Crippen LogP contribution in [0.5, 0.6) is 0 Å². The molecular formula is C16H22BrClN2O. The van der Waals surface area contributed by atoms with Crippen molar-refractivity contribution in [1.29, 1.82) is 0 Å². The van der Waals surface area contributed by atoms with Crippen molar-refractivity contribution in [3.63, 3.8) is 0 Å². The van der Waals surface area contributed by atoms with Gasteiger partial charge in [0.1, 0.15) is 0 Å². The number of carbonyl (C=O) groups excluding carboxylic acids is 1. The Bertz CT molecular complexity index is 489. The van der Waals surface area contributed by atoms with Gasteiger partial charge >= 0.3 is 0 Å². The monoisotopic (exact) mass is 372 g/mol. The van der Waals surface area contributed by atoms with Crippen LogP contribution in [0.3, 0.4) is 0 Å². The molecule has 1 heterocycles. The van der Waals surface area contributed by atoms with Crippen LogP contribution in [0.4, 0.5) is 0 Å². The van der Waals surface area contributed by atoms with Gasteiger partial charge in [-0.25, -0.2) is 0 Å². The summed E-state index contributed by atoms with van der Waals surface area (Å²) in [6.45, 7) is 4.82. The summed E-state index contributed by atoms with van der Waals surface area (Å²) < 4.78 is 0.946. The van der Waals surface area contributed by atoms with Crippen LogP contribution in [-0.4, -0.2) is 19.0 Å². The molecule has 1 aromatic rings. The number of benzene rings is 1. The molecule has 1 amide bonds. The lowest BCUT2D eigenvalue weighted by Crippen LogP contribution is -2.33. The molecule has 0 aliphatic carbocycles. The molecule has 0 radical (unpaired) electrons. The van der Waals surface area contributed by atoms with Crippen molar-refractivity contribution >= 4 is 33.4 Å². The van der Waals surface area contributed by atoms with E-state index >= 15 is 0 Å². The second kappa shape index (κ2) is 8.16. The minimum atomic E-state index is 0.111. The highest BCUT2D eigenvalue weighted by molar-refractivity contribution is 9.10. The molecule has 1 saturated heterocycles. The van der Waals surface area contributed by atoms with Crippen LogP contribution in [0, 0.1) is 11.8 Å². The molecule has 1 atom stereocenters. The fraction of sp³-hybridized carbons (Fsp3) is 0.562. The third kappa shape index (κ3) is 5.28. The van der Waals surface area contributed by atoms with Crippen LogP contribution in [0.2, 0.25) is 5.02 Å². The summed E-state index contributed by atoms with van der Waals surface area (Å²) in [5.74, 6) is 1.21. The van der Waals surface area contributed by atoms with Gasteiger partial charge in [-0.15, -0.1) is 0 Å². The van der Waals surface area contributed by atoms with E-state index in [1.54, 1.807) is 0 Å². The second-order valence-corrected chi connectivity index (χ2v) is 7.10. The van der Waals surface area contributed by atoms with Crippen molar-refractivity contribution < 1.29 is 4.79 Å². The lowest BCUT2D eigenvalue weighted by molar-refractivity contribution is -0.122. The van der Waals surface area contributed by atoms with E-state index in [1.165, 1.54) is 12.8 Å². The summed E-state index contributed by atoms with van der Waals surface area (Å²) >= 11 is 9.53. The molecule has 1 aliphatic rings. The van der Waals surface area contributed by atoms with E-state index in [0.717, 1.165) is 23.1 Å². The average molecular weight is 374 g/mol. The Morgan fingerprint density at radius 1 is 1.48 bits per heavy atom. The smallest absolute Gasteiger partial charge is 0.220 e. The van der Waals surface area contributed by atoms with Crippen molar-refractivity contribution in [2.75, 3.05) is 13.1 Å². The van der Waals surface area contributed by atoms with E-state index in [4.69, 9.17) is 11.6 Å². The zero-order valence-corrected chi connectivity index (χ0v) is 14.6. The number of hydrogen-bond donors (Lipinski definition) is 2. The van der Waals surface area contributed by atoms with Gasteiger partial charge < -0.3 is 10.6 Å². The molecule has 1 unspecified atom stereocenters. The third-order valence-electron chi connectivity index (χ3n) is 4.19. The Hall–Kier alpha value is -0.580. The van der Waals surface area contributed by atoms with Crippen molar-refractivity contribution in [1.82, 2.24) is 10.6 Å². The molecule has 3 nitrogen and oxygen atoms in total.